The van der Waals surface area contributed by atoms with E-state index >= 15 is 0 Å². The van der Waals surface area contributed by atoms with Crippen molar-refractivity contribution in [1.82, 2.24) is 0 Å². The van der Waals surface area contributed by atoms with E-state index in [9.17, 15) is 4.21 Å². The zero-order valence-electron chi connectivity index (χ0n) is 10.0. The first-order valence-electron chi connectivity index (χ1n) is 5.24. The summed E-state index contributed by atoms with van der Waals surface area (Å²) in [6.07, 6.45) is 0. The summed E-state index contributed by atoms with van der Waals surface area (Å²) in [6.45, 7) is 4.50. The number of methoxy groups -OCH3 is 1. The van der Waals surface area contributed by atoms with Crippen LogP contribution < -0.4 is 5.73 Å². The van der Waals surface area contributed by atoms with Crippen LogP contribution in [0.4, 0.5) is 0 Å². The average molecular weight is 241 g/mol. The van der Waals surface area contributed by atoms with Crippen molar-refractivity contribution in [3.8, 4) is 0 Å². The molecule has 3 nitrogen and oxygen atoms in total. The molecule has 0 fully saturated rings. The fraction of sp³-hybridized carbons (Fsp3) is 0.500. The van der Waals surface area contributed by atoms with Gasteiger partial charge in [0.1, 0.15) is 0 Å². The van der Waals surface area contributed by atoms with Gasteiger partial charge in [-0.25, -0.2) is 0 Å². The Morgan fingerprint density at radius 2 is 2.06 bits per heavy atom. The molecule has 2 unspecified atom stereocenters. The maximum Gasteiger partial charge on any atom is 0.0622 e. The van der Waals surface area contributed by atoms with Crippen LogP contribution >= 0.6 is 0 Å². The van der Waals surface area contributed by atoms with Gasteiger partial charge in [-0.15, -0.1) is 0 Å². The monoisotopic (exact) mass is 241 g/mol. The van der Waals surface area contributed by atoms with Crippen molar-refractivity contribution >= 4 is 10.8 Å². The van der Waals surface area contributed by atoms with E-state index in [-0.39, 0.29) is 6.04 Å². The summed E-state index contributed by atoms with van der Waals surface area (Å²) in [5.74, 6) is 0.441. The lowest BCUT2D eigenvalue weighted by Crippen LogP contribution is -2.31. The zero-order valence-corrected chi connectivity index (χ0v) is 10.8. The van der Waals surface area contributed by atoms with Crippen molar-refractivity contribution in [1.29, 1.82) is 0 Å². The second-order valence-electron chi connectivity index (χ2n) is 3.97. The summed E-state index contributed by atoms with van der Waals surface area (Å²) in [5, 5.41) is 0. The van der Waals surface area contributed by atoms with Crippen LogP contribution in [0, 0.1) is 13.8 Å². The van der Waals surface area contributed by atoms with Gasteiger partial charge in [-0.1, -0.05) is 6.07 Å². The van der Waals surface area contributed by atoms with Gasteiger partial charge in [0.25, 0.3) is 0 Å². The van der Waals surface area contributed by atoms with E-state index in [0.717, 1.165) is 10.5 Å². The summed E-state index contributed by atoms with van der Waals surface area (Å²) in [6, 6.07) is 5.68. The van der Waals surface area contributed by atoms with Gasteiger partial charge in [-0.05, 0) is 37.1 Å². The molecule has 0 bridgehead atoms. The first-order valence-corrected chi connectivity index (χ1v) is 6.56. The quantitative estimate of drug-likeness (QED) is 0.847. The second kappa shape index (κ2) is 6.13. The third kappa shape index (κ3) is 3.70. The number of aryl methyl sites for hydroxylation is 2. The predicted octanol–water partition coefficient (Wildman–Crippen LogP) is 1.38. The molecule has 90 valence electrons. The zero-order chi connectivity index (χ0) is 12.1. The van der Waals surface area contributed by atoms with Gasteiger partial charge < -0.3 is 10.5 Å². The molecule has 2 N–H and O–H groups in total. The van der Waals surface area contributed by atoms with Gasteiger partial charge in [0.05, 0.1) is 17.4 Å². The van der Waals surface area contributed by atoms with E-state index in [4.69, 9.17) is 10.5 Å². The molecule has 1 aromatic rings. The summed E-state index contributed by atoms with van der Waals surface area (Å²) < 4.78 is 16.9. The second-order valence-corrected chi connectivity index (χ2v) is 5.47. The molecule has 0 radical (unpaired) electrons. The summed E-state index contributed by atoms with van der Waals surface area (Å²) in [5.41, 5.74) is 8.14. The Kier molecular flexibility index (Phi) is 5.12. The Morgan fingerprint density at radius 1 is 1.38 bits per heavy atom. The van der Waals surface area contributed by atoms with Crippen LogP contribution in [0.25, 0.3) is 0 Å². The van der Waals surface area contributed by atoms with Gasteiger partial charge in [0.15, 0.2) is 0 Å². The van der Waals surface area contributed by atoms with Crippen LogP contribution in [0.15, 0.2) is 23.1 Å². The minimum absolute atomic E-state index is 0.174. The minimum atomic E-state index is -1.04. The van der Waals surface area contributed by atoms with E-state index in [0.29, 0.717) is 12.4 Å². The Hall–Kier alpha value is -0.710. The van der Waals surface area contributed by atoms with Crippen LogP contribution in [0.3, 0.4) is 0 Å². The molecule has 0 spiro atoms. The van der Waals surface area contributed by atoms with Crippen molar-refractivity contribution in [3.63, 3.8) is 0 Å². The Labute approximate surface area is 99.4 Å². The van der Waals surface area contributed by atoms with Crippen LogP contribution in [-0.2, 0) is 15.5 Å². The maximum absolute atomic E-state index is 12.0. The predicted molar refractivity (Wildman–Crippen MR) is 67.0 cm³/mol. The molecule has 0 amide bonds. The highest BCUT2D eigenvalue weighted by Crippen LogP contribution is 2.13. The summed E-state index contributed by atoms with van der Waals surface area (Å²) in [7, 11) is 0.558. The van der Waals surface area contributed by atoms with Crippen molar-refractivity contribution in [2.24, 2.45) is 5.73 Å². The third-order valence-corrected chi connectivity index (χ3v) is 4.00. The highest BCUT2D eigenvalue weighted by Gasteiger charge is 2.10. The number of ether oxygens (including phenoxy) is 1. The van der Waals surface area contributed by atoms with Crippen LogP contribution in [0.2, 0.25) is 0 Å². The molecule has 0 aliphatic rings. The van der Waals surface area contributed by atoms with E-state index in [2.05, 4.69) is 0 Å². The van der Waals surface area contributed by atoms with Gasteiger partial charge in [0.2, 0.25) is 0 Å². The standard InChI is InChI=1S/C12H19NO2S/c1-9-4-5-12(6-10(9)2)16(14)8-11(13)7-15-3/h4-6,11H,7-8,13H2,1-3H3. The van der Waals surface area contributed by atoms with Crippen molar-refractivity contribution in [2.75, 3.05) is 19.5 Å². The topological polar surface area (TPSA) is 52.3 Å². The molecule has 2 atom stereocenters. The number of hydrogen-bond donors (Lipinski definition) is 1. The molecule has 0 saturated heterocycles. The Bertz CT molecular complexity index is 379. The molecule has 0 aliphatic carbocycles. The van der Waals surface area contributed by atoms with Gasteiger partial charge in [-0.2, -0.15) is 0 Å². The lowest BCUT2D eigenvalue weighted by Gasteiger charge is -2.10. The molecule has 0 heterocycles. The Morgan fingerprint density at radius 3 is 2.62 bits per heavy atom. The largest absolute Gasteiger partial charge is 0.383 e. The highest BCUT2D eigenvalue weighted by molar-refractivity contribution is 7.85. The van der Waals surface area contributed by atoms with Gasteiger partial charge >= 0.3 is 0 Å². The maximum atomic E-state index is 12.0. The fourth-order valence-corrected chi connectivity index (χ4v) is 2.61. The smallest absolute Gasteiger partial charge is 0.0622 e. The molecule has 0 aliphatic heterocycles. The molecule has 4 heteroatoms. The Balaban J connectivity index is 2.69. The number of rotatable bonds is 5. The first kappa shape index (κ1) is 13.4. The summed E-state index contributed by atoms with van der Waals surface area (Å²) >= 11 is 0. The molecular weight excluding hydrogens is 222 g/mol. The van der Waals surface area contributed by atoms with E-state index in [1.807, 2.05) is 32.0 Å². The van der Waals surface area contributed by atoms with Gasteiger partial charge in [-0.3, -0.25) is 4.21 Å². The molecule has 0 saturated carbocycles. The minimum Gasteiger partial charge on any atom is -0.383 e. The van der Waals surface area contributed by atoms with E-state index < -0.39 is 10.8 Å². The van der Waals surface area contributed by atoms with Crippen molar-refractivity contribution in [3.05, 3.63) is 29.3 Å². The van der Waals surface area contributed by atoms with Crippen LogP contribution in [0.1, 0.15) is 11.1 Å². The molecular formula is C12H19NO2S. The number of benzene rings is 1. The lowest BCUT2D eigenvalue weighted by molar-refractivity contribution is 0.186. The van der Waals surface area contributed by atoms with Crippen molar-refractivity contribution < 1.29 is 8.95 Å². The number of hydrogen-bond acceptors (Lipinski definition) is 3. The van der Waals surface area contributed by atoms with E-state index in [1.165, 1.54) is 5.56 Å². The molecule has 16 heavy (non-hydrogen) atoms. The van der Waals surface area contributed by atoms with Crippen LogP contribution in [-0.4, -0.2) is 29.7 Å². The highest BCUT2D eigenvalue weighted by atomic mass is 32.2. The normalized spacial score (nSPS) is 14.8. The summed E-state index contributed by atoms with van der Waals surface area (Å²) in [4.78, 5) is 0.842. The molecule has 1 rings (SSSR count). The van der Waals surface area contributed by atoms with Crippen LogP contribution in [0.5, 0.6) is 0 Å². The van der Waals surface area contributed by atoms with Gasteiger partial charge in [0, 0.05) is 23.8 Å². The molecule has 1 aromatic carbocycles. The van der Waals surface area contributed by atoms with E-state index in [1.54, 1.807) is 7.11 Å². The number of nitrogens with two attached hydrogens (primary N) is 1. The van der Waals surface area contributed by atoms with Crippen molar-refractivity contribution in [2.45, 2.75) is 24.8 Å². The average Bonchev–Trinajstić information content (AvgIpc) is 2.22. The lowest BCUT2D eigenvalue weighted by atomic mass is 10.1. The fourth-order valence-electron chi connectivity index (χ4n) is 1.41. The SMILES string of the molecule is COCC(N)CS(=O)c1ccc(C)c(C)c1. The molecule has 0 aromatic heterocycles. The first-order chi connectivity index (χ1) is 7.54. The third-order valence-electron chi connectivity index (χ3n) is 2.49.